The van der Waals surface area contributed by atoms with Gasteiger partial charge >= 0.3 is 0 Å². The molecule has 0 saturated heterocycles. The first-order valence-corrected chi connectivity index (χ1v) is 6.68. The fraction of sp³-hybridized carbons (Fsp3) is 0. The highest BCUT2D eigenvalue weighted by Gasteiger charge is 2.28. The normalized spacial score (nSPS) is 11.7. The van der Waals surface area contributed by atoms with Crippen LogP contribution >= 0.6 is 0 Å². The van der Waals surface area contributed by atoms with Gasteiger partial charge in [0.05, 0.1) is 5.56 Å². The SMILES string of the molecule is O=S(=O)(O)c1cc(F)c(F)c(-c2cccc(F)c2F)c1F. The summed E-state index contributed by atoms with van der Waals surface area (Å²) in [6.45, 7) is 0. The summed E-state index contributed by atoms with van der Waals surface area (Å²) in [4.78, 5) is -1.58. The molecule has 0 atom stereocenters. The molecule has 0 amide bonds. The fourth-order valence-electron chi connectivity index (χ4n) is 1.70. The summed E-state index contributed by atoms with van der Waals surface area (Å²) in [6.07, 6.45) is 0. The molecular formula is C12H5F5O3S. The van der Waals surface area contributed by atoms with E-state index in [-0.39, 0.29) is 6.07 Å². The van der Waals surface area contributed by atoms with Crippen LogP contribution in [0.2, 0.25) is 0 Å². The minimum atomic E-state index is -5.22. The van der Waals surface area contributed by atoms with Crippen molar-refractivity contribution in [1.82, 2.24) is 0 Å². The van der Waals surface area contributed by atoms with E-state index >= 15 is 0 Å². The summed E-state index contributed by atoms with van der Waals surface area (Å²) < 4.78 is 98.2. The van der Waals surface area contributed by atoms with E-state index in [0.29, 0.717) is 6.07 Å². The third-order valence-electron chi connectivity index (χ3n) is 2.62. The first-order chi connectivity index (χ1) is 9.64. The maximum Gasteiger partial charge on any atom is 0.297 e. The van der Waals surface area contributed by atoms with Crippen LogP contribution in [0.4, 0.5) is 22.0 Å². The van der Waals surface area contributed by atoms with Gasteiger partial charge in [0.15, 0.2) is 29.1 Å². The molecule has 0 saturated carbocycles. The molecule has 0 radical (unpaired) electrons. The first kappa shape index (κ1) is 15.4. The largest absolute Gasteiger partial charge is 0.297 e. The summed E-state index contributed by atoms with van der Waals surface area (Å²) in [5, 5.41) is 0. The van der Waals surface area contributed by atoms with Crippen molar-refractivity contribution in [3.63, 3.8) is 0 Å². The van der Waals surface area contributed by atoms with Crippen molar-refractivity contribution in [3.8, 4) is 11.1 Å². The molecule has 1 N–H and O–H groups in total. The lowest BCUT2D eigenvalue weighted by Gasteiger charge is -2.10. The van der Waals surface area contributed by atoms with Crippen molar-refractivity contribution in [2.75, 3.05) is 0 Å². The Kier molecular flexibility index (Phi) is 3.72. The van der Waals surface area contributed by atoms with Crippen molar-refractivity contribution in [1.29, 1.82) is 0 Å². The number of hydrogen-bond acceptors (Lipinski definition) is 2. The van der Waals surface area contributed by atoms with Crippen LogP contribution < -0.4 is 0 Å². The molecule has 112 valence electrons. The molecule has 0 aliphatic heterocycles. The van der Waals surface area contributed by atoms with Crippen molar-refractivity contribution in [3.05, 3.63) is 53.4 Å². The van der Waals surface area contributed by atoms with Gasteiger partial charge in [0, 0.05) is 11.6 Å². The van der Waals surface area contributed by atoms with E-state index < -0.39 is 55.2 Å². The molecule has 9 heteroatoms. The Morgan fingerprint density at radius 3 is 2.05 bits per heavy atom. The number of benzene rings is 2. The van der Waals surface area contributed by atoms with Gasteiger partial charge in [0.1, 0.15) is 4.90 Å². The Morgan fingerprint density at radius 2 is 1.48 bits per heavy atom. The molecule has 0 heterocycles. The van der Waals surface area contributed by atoms with Crippen molar-refractivity contribution in [2.24, 2.45) is 0 Å². The highest BCUT2D eigenvalue weighted by Crippen LogP contribution is 2.34. The van der Waals surface area contributed by atoms with E-state index in [2.05, 4.69) is 0 Å². The van der Waals surface area contributed by atoms with Gasteiger partial charge in [-0.25, -0.2) is 22.0 Å². The lowest BCUT2D eigenvalue weighted by molar-refractivity contribution is 0.458. The highest BCUT2D eigenvalue weighted by molar-refractivity contribution is 7.85. The first-order valence-electron chi connectivity index (χ1n) is 5.24. The zero-order valence-electron chi connectivity index (χ0n) is 9.87. The predicted molar refractivity (Wildman–Crippen MR) is 61.5 cm³/mol. The Balaban J connectivity index is 2.93. The van der Waals surface area contributed by atoms with Crippen LogP contribution in [0.1, 0.15) is 0 Å². The van der Waals surface area contributed by atoms with Crippen molar-refractivity contribution >= 4 is 10.1 Å². The Bertz CT molecular complexity index is 833. The Morgan fingerprint density at radius 1 is 0.857 bits per heavy atom. The van der Waals surface area contributed by atoms with Crippen LogP contribution in [0.3, 0.4) is 0 Å². The van der Waals surface area contributed by atoms with Gasteiger partial charge in [-0.3, -0.25) is 4.55 Å². The third-order valence-corrected chi connectivity index (χ3v) is 3.47. The summed E-state index contributed by atoms with van der Waals surface area (Å²) in [5.41, 5.74) is -2.45. The number of halogens is 5. The van der Waals surface area contributed by atoms with Crippen molar-refractivity contribution < 1.29 is 34.9 Å². The molecule has 2 aromatic rings. The molecular weight excluding hydrogens is 319 g/mol. The van der Waals surface area contributed by atoms with E-state index in [1.807, 2.05) is 0 Å². The van der Waals surface area contributed by atoms with Gasteiger partial charge in [-0.2, -0.15) is 8.42 Å². The van der Waals surface area contributed by atoms with E-state index in [0.717, 1.165) is 12.1 Å². The molecule has 0 fully saturated rings. The standard InChI is InChI=1S/C12H5F5O3S/c13-6-3-1-2-5(10(6)15)9-11(16)7(14)4-8(12(9)17)21(18,19)20/h1-4H,(H,18,19,20). The number of rotatable bonds is 2. The molecule has 2 aromatic carbocycles. The minimum absolute atomic E-state index is 0.0965. The fourth-order valence-corrected chi connectivity index (χ4v) is 2.28. The van der Waals surface area contributed by atoms with Crippen LogP contribution in [-0.4, -0.2) is 13.0 Å². The maximum absolute atomic E-state index is 14.0. The monoisotopic (exact) mass is 324 g/mol. The predicted octanol–water partition coefficient (Wildman–Crippen LogP) is 3.30. The second-order valence-electron chi connectivity index (χ2n) is 3.94. The van der Waals surface area contributed by atoms with Gasteiger partial charge in [-0.15, -0.1) is 0 Å². The molecule has 2 rings (SSSR count). The van der Waals surface area contributed by atoms with Gasteiger partial charge in [0.2, 0.25) is 0 Å². The zero-order chi connectivity index (χ0) is 15.9. The Labute approximate surface area is 115 Å². The molecule has 0 bridgehead atoms. The molecule has 21 heavy (non-hydrogen) atoms. The van der Waals surface area contributed by atoms with Gasteiger partial charge in [-0.05, 0) is 6.07 Å². The second kappa shape index (κ2) is 5.08. The lowest BCUT2D eigenvalue weighted by Crippen LogP contribution is -2.07. The minimum Gasteiger partial charge on any atom is -0.282 e. The van der Waals surface area contributed by atoms with Crippen LogP contribution in [0, 0.1) is 29.1 Å². The van der Waals surface area contributed by atoms with Crippen molar-refractivity contribution in [2.45, 2.75) is 4.90 Å². The average Bonchev–Trinajstić information content (AvgIpc) is 2.37. The van der Waals surface area contributed by atoms with E-state index in [1.165, 1.54) is 0 Å². The molecule has 0 aromatic heterocycles. The maximum atomic E-state index is 14.0. The quantitative estimate of drug-likeness (QED) is 0.524. The van der Waals surface area contributed by atoms with Gasteiger partial charge in [0.25, 0.3) is 10.1 Å². The van der Waals surface area contributed by atoms with E-state index in [9.17, 15) is 30.4 Å². The van der Waals surface area contributed by atoms with E-state index in [1.54, 1.807) is 0 Å². The summed E-state index contributed by atoms with van der Waals surface area (Å²) >= 11 is 0. The summed E-state index contributed by atoms with van der Waals surface area (Å²) in [7, 11) is -5.22. The summed E-state index contributed by atoms with van der Waals surface area (Å²) in [5.74, 6) is -8.85. The molecule has 0 aliphatic carbocycles. The smallest absolute Gasteiger partial charge is 0.282 e. The lowest BCUT2D eigenvalue weighted by atomic mass is 10.0. The average molecular weight is 324 g/mol. The van der Waals surface area contributed by atoms with Crippen LogP contribution in [0.25, 0.3) is 11.1 Å². The third kappa shape index (κ3) is 2.61. The van der Waals surface area contributed by atoms with E-state index in [4.69, 9.17) is 4.55 Å². The molecule has 3 nitrogen and oxygen atoms in total. The van der Waals surface area contributed by atoms with Crippen LogP contribution in [0.5, 0.6) is 0 Å². The van der Waals surface area contributed by atoms with Gasteiger partial charge in [-0.1, -0.05) is 12.1 Å². The molecule has 0 aliphatic rings. The highest BCUT2D eigenvalue weighted by atomic mass is 32.2. The topological polar surface area (TPSA) is 54.4 Å². The van der Waals surface area contributed by atoms with Crippen LogP contribution in [-0.2, 0) is 10.1 Å². The van der Waals surface area contributed by atoms with Gasteiger partial charge < -0.3 is 0 Å². The molecule has 0 spiro atoms. The Hall–Kier alpha value is -2.00. The summed E-state index contributed by atoms with van der Waals surface area (Å²) in [6, 6.07) is 2.18. The zero-order valence-corrected chi connectivity index (χ0v) is 10.7. The second-order valence-corrected chi connectivity index (χ2v) is 5.33. The molecule has 0 unspecified atom stereocenters. The van der Waals surface area contributed by atoms with Crippen LogP contribution in [0.15, 0.2) is 29.2 Å². The number of hydrogen-bond donors (Lipinski definition) is 1.